The van der Waals surface area contributed by atoms with Crippen LogP contribution in [-0.2, 0) is 4.79 Å². The molecule has 0 rings (SSSR count). The van der Waals surface area contributed by atoms with Gasteiger partial charge in [-0.1, -0.05) is 84.0 Å². The van der Waals surface area contributed by atoms with Crippen LogP contribution in [0.25, 0.3) is 0 Å². The summed E-state index contributed by atoms with van der Waals surface area (Å²) in [5.41, 5.74) is 0. The van der Waals surface area contributed by atoms with Crippen LogP contribution in [-0.4, -0.2) is 21.2 Å². The van der Waals surface area contributed by atoms with Gasteiger partial charge in [-0.25, -0.2) is 0 Å². The Kier molecular flexibility index (Phi) is 26.0. The number of rotatable bonds is 18. The molecule has 0 aliphatic carbocycles. The van der Waals surface area contributed by atoms with Gasteiger partial charge < -0.3 is 9.90 Å². The van der Waals surface area contributed by atoms with Crippen molar-refractivity contribution in [2.45, 2.75) is 135 Å². The van der Waals surface area contributed by atoms with E-state index in [1.807, 2.05) is 0 Å². The van der Waals surface area contributed by atoms with Gasteiger partial charge in [-0.15, -0.1) is 0 Å². The number of hydrogen-bond acceptors (Lipinski definition) is 2. The summed E-state index contributed by atoms with van der Waals surface area (Å²) < 4.78 is 0. The number of aliphatic carboxylic acids is 1. The molecule has 0 aromatic carbocycles. The van der Waals surface area contributed by atoms with Gasteiger partial charge in [0, 0.05) is 5.97 Å². The first kappa shape index (κ1) is 29.2. The van der Waals surface area contributed by atoms with Gasteiger partial charge in [0.2, 0.25) is 0 Å². The van der Waals surface area contributed by atoms with Crippen molar-refractivity contribution in [3.8, 4) is 0 Å². The monoisotopic (exact) mass is 396 g/mol. The Balaban J connectivity index is 0. The Bertz CT molecular complexity index is 282. The van der Waals surface area contributed by atoms with Gasteiger partial charge in [-0.3, -0.25) is 0 Å². The molecule has 0 saturated heterocycles. The molecule has 0 amide bonds. The Hall–Kier alpha value is 0.00247. The van der Waals surface area contributed by atoms with Crippen molar-refractivity contribution in [2.75, 3.05) is 0 Å². The maximum atomic E-state index is 10.2. The van der Waals surface area contributed by atoms with E-state index >= 15 is 0 Å². The fraction of sp³-hybridized carbons (Fsp3) is 0.958. The predicted molar refractivity (Wildman–Crippen MR) is 120 cm³/mol. The summed E-state index contributed by atoms with van der Waals surface area (Å²) in [4.78, 5) is 10.2. The third-order valence-electron chi connectivity index (χ3n) is 4.76. The largest absolute Gasteiger partial charge is 0.550 e. The van der Waals surface area contributed by atoms with Crippen LogP contribution in [0.4, 0.5) is 0 Å². The van der Waals surface area contributed by atoms with E-state index in [-0.39, 0.29) is 6.42 Å². The molecule has 3 heteroatoms. The van der Waals surface area contributed by atoms with Crippen LogP contribution in [0.1, 0.15) is 125 Å². The van der Waals surface area contributed by atoms with Crippen molar-refractivity contribution in [2.24, 2.45) is 11.8 Å². The van der Waals surface area contributed by atoms with Gasteiger partial charge in [0.05, 0.1) is 0 Å². The Labute approximate surface area is 178 Å². The van der Waals surface area contributed by atoms with Crippen LogP contribution in [0.5, 0.6) is 0 Å². The second-order valence-corrected chi connectivity index (χ2v) is 10.4. The summed E-state index contributed by atoms with van der Waals surface area (Å²) in [6.45, 7) is 11.5. The standard InChI is InChI=1S/C16H32O2.2C4H9.Al/c1-2-3-4-5-6-7-8-9-10-11-12-13-14-15-16(17)18;2*1-4(2)3;/h2-15H2,1H3,(H,17,18);2*4H,1H2,2-3H3;/q;;;+1/p-1. The molecule has 0 spiro atoms. The topological polar surface area (TPSA) is 40.1 Å². The molecule has 0 aliphatic rings. The molecule has 0 radical (unpaired) electrons. The van der Waals surface area contributed by atoms with Crippen molar-refractivity contribution in [3.63, 3.8) is 0 Å². The van der Waals surface area contributed by atoms with E-state index in [0.717, 1.165) is 39.9 Å². The van der Waals surface area contributed by atoms with Crippen molar-refractivity contribution in [1.82, 2.24) is 0 Å². The molecular weight excluding hydrogens is 347 g/mol. The summed E-state index contributed by atoms with van der Waals surface area (Å²) in [6, 6.07) is 0. The van der Waals surface area contributed by atoms with Crippen molar-refractivity contribution in [1.29, 1.82) is 0 Å². The van der Waals surface area contributed by atoms with E-state index in [0.29, 0.717) is 0 Å². The molecule has 0 fully saturated rings. The normalized spacial score (nSPS) is 10.6. The van der Waals surface area contributed by atoms with Gasteiger partial charge in [-0.05, 0) is 12.8 Å². The predicted octanol–water partition coefficient (Wildman–Crippen LogP) is 7.06. The summed E-state index contributed by atoms with van der Waals surface area (Å²) in [6.07, 6.45) is 16.9. The zero-order chi connectivity index (χ0) is 20.8. The maximum absolute atomic E-state index is 10.2. The molecule has 0 heterocycles. The third-order valence-corrected chi connectivity index (χ3v) is 7.31. The van der Waals surface area contributed by atoms with Crippen LogP contribution in [0, 0.1) is 11.8 Å². The van der Waals surface area contributed by atoms with E-state index in [1.54, 1.807) is 0 Å². The Morgan fingerprint density at radius 2 is 1.00 bits per heavy atom. The number of unbranched alkanes of at least 4 members (excludes halogenated alkanes) is 12. The molecule has 0 N–H and O–H groups in total. The maximum Gasteiger partial charge on any atom is 0.0414 e. The number of carboxylic acid groups (broad SMARTS) is 1. The molecule has 160 valence electrons. The van der Waals surface area contributed by atoms with Gasteiger partial charge in [-0.2, -0.15) is 0 Å². The number of carboxylic acids is 1. The molecule has 0 aromatic heterocycles. The summed E-state index contributed by atoms with van der Waals surface area (Å²) in [5, 5.41) is 13.2. The molecule has 0 aromatic rings. The molecule has 0 bridgehead atoms. The average Bonchev–Trinajstić information content (AvgIpc) is 2.58. The van der Waals surface area contributed by atoms with Crippen LogP contribution >= 0.6 is 0 Å². The van der Waals surface area contributed by atoms with E-state index in [9.17, 15) is 9.90 Å². The van der Waals surface area contributed by atoms with Crippen LogP contribution < -0.4 is 5.11 Å². The molecule has 0 atom stereocenters. The van der Waals surface area contributed by atoms with Crippen LogP contribution in [0.3, 0.4) is 0 Å². The minimum Gasteiger partial charge on any atom is -0.550 e. The molecule has 0 saturated carbocycles. The third kappa shape index (κ3) is 34.0. The summed E-state index contributed by atoms with van der Waals surface area (Å²) in [5.74, 6) is 0.954. The van der Waals surface area contributed by atoms with Crippen molar-refractivity contribution in [3.05, 3.63) is 0 Å². The molecule has 0 aliphatic heterocycles. The zero-order valence-electron chi connectivity index (χ0n) is 19.4. The average molecular weight is 397 g/mol. The van der Waals surface area contributed by atoms with E-state index in [1.165, 1.54) is 81.2 Å². The molecule has 2 nitrogen and oxygen atoms in total. The van der Waals surface area contributed by atoms with Crippen molar-refractivity contribution < 1.29 is 9.90 Å². The molecule has 0 unspecified atom stereocenters. The zero-order valence-corrected chi connectivity index (χ0v) is 20.5. The first-order valence-corrected chi connectivity index (χ1v) is 13.5. The fourth-order valence-corrected chi connectivity index (χ4v) is 4.58. The summed E-state index contributed by atoms with van der Waals surface area (Å²) >= 11 is 0.755. The SMILES string of the molecule is CC(C)[CH2][Al+][CH2]C(C)C.CCCCCCCCCCCCCCCC(=O)[O-]. The first-order chi connectivity index (χ1) is 12.9. The fourth-order valence-electron chi connectivity index (χ4n) is 3.05. The molecule has 27 heavy (non-hydrogen) atoms. The summed E-state index contributed by atoms with van der Waals surface area (Å²) in [7, 11) is 0. The number of carbonyl (C=O) groups excluding carboxylic acids is 1. The van der Waals surface area contributed by atoms with Gasteiger partial charge in [0.15, 0.2) is 0 Å². The second-order valence-electron chi connectivity index (χ2n) is 8.91. The van der Waals surface area contributed by atoms with Gasteiger partial charge in [0.25, 0.3) is 0 Å². The smallest absolute Gasteiger partial charge is 0.0414 e. The van der Waals surface area contributed by atoms with E-state index < -0.39 is 5.97 Å². The second kappa shape index (κ2) is 24.0. The number of hydrogen-bond donors (Lipinski definition) is 0. The minimum absolute atomic E-state index is 0.234. The van der Waals surface area contributed by atoms with Crippen molar-refractivity contribution >= 4 is 21.2 Å². The molecular formula is C24H49AlO2. The number of carbonyl (C=O) groups is 1. The van der Waals surface area contributed by atoms with Crippen LogP contribution in [0.15, 0.2) is 0 Å². The Morgan fingerprint density at radius 1 is 0.667 bits per heavy atom. The van der Waals surface area contributed by atoms with Gasteiger partial charge in [0.1, 0.15) is 0 Å². The van der Waals surface area contributed by atoms with E-state index in [4.69, 9.17) is 0 Å². The van der Waals surface area contributed by atoms with Crippen LogP contribution in [0.2, 0.25) is 10.6 Å². The first-order valence-electron chi connectivity index (χ1n) is 11.9. The minimum atomic E-state index is -0.905. The van der Waals surface area contributed by atoms with E-state index in [2.05, 4.69) is 34.6 Å². The Morgan fingerprint density at radius 3 is 1.30 bits per heavy atom. The van der Waals surface area contributed by atoms with Gasteiger partial charge >= 0.3 is 65.3 Å². The quantitative estimate of drug-likeness (QED) is 0.184.